The van der Waals surface area contributed by atoms with Crippen LogP contribution in [0.1, 0.15) is 46.0 Å². The number of amides is 1. The lowest BCUT2D eigenvalue weighted by atomic mass is 10.1. The Balaban J connectivity index is 1.57. The summed E-state index contributed by atoms with van der Waals surface area (Å²) in [4.78, 5) is 37.7. The van der Waals surface area contributed by atoms with Crippen LogP contribution in [-0.4, -0.2) is 30.8 Å². The maximum Gasteiger partial charge on any atom is 0.338 e. The van der Waals surface area contributed by atoms with Crippen LogP contribution in [0, 0.1) is 0 Å². The highest BCUT2D eigenvalue weighted by atomic mass is 16.5. The van der Waals surface area contributed by atoms with Crippen LogP contribution < -0.4 is 4.90 Å². The van der Waals surface area contributed by atoms with Crippen molar-refractivity contribution in [1.29, 1.82) is 0 Å². The molecule has 1 heterocycles. The standard InChI is InChI=1S/C21H21NO4/c1-2-15-5-7-16(8-6-15)19(23)14-26-21(25)17-9-11-18(12-10-17)22-13-3-4-20(22)24/h5-12H,2-4,13-14H2,1H3. The molecule has 134 valence electrons. The van der Waals surface area contributed by atoms with Crippen molar-refractivity contribution in [3.05, 3.63) is 65.2 Å². The highest BCUT2D eigenvalue weighted by Crippen LogP contribution is 2.21. The molecule has 0 atom stereocenters. The minimum Gasteiger partial charge on any atom is -0.454 e. The van der Waals surface area contributed by atoms with Crippen molar-refractivity contribution in [2.45, 2.75) is 26.2 Å². The third-order valence-electron chi connectivity index (χ3n) is 4.51. The summed E-state index contributed by atoms with van der Waals surface area (Å²) in [6.45, 7) is 2.45. The normalized spacial score (nSPS) is 13.7. The van der Waals surface area contributed by atoms with E-state index >= 15 is 0 Å². The van der Waals surface area contributed by atoms with E-state index in [2.05, 4.69) is 0 Å². The van der Waals surface area contributed by atoms with Gasteiger partial charge in [-0.05, 0) is 42.7 Å². The van der Waals surface area contributed by atoms with Gasteiger partial charge in [0.25, 0.3) is 0 Å². The van der Waals surface area contributed by atoms with Crippen molar-refractivity contribution in [3.8, 4) is 0 Å². The smallest absolute Gasteiger partial charge is 0.338 e. The molecule has 2 aromatic rings. The van der Waals surface area contributed by atoms with Gasteiger partial charge in [0.2, 0.25) is 5.91 Å². The first-order chi connectivity index (χ1) is 12.6. The van der Waals surface area contributed by atoms with Gasteiger partial charge >= 0.3 is 5.97 Å². The van der Waals surface area contributed by atoms with E-state index in [0.717, 1.165) is 24.1 Å². The number of nitrogens with zero attached hydrogens (tertiary/aromatic N) is 1. The van der Waals surface area contributed by atoms with Crippen LogP contribution in [0.4, 0.5) is 5.69 Å². The summed E-state index contributed by atoms with van der Waals surface area (Å²) < 4.78 is 5.12. The number of carbonyl (C=O) groups is 3. The third-order valence-corrected chi connectivity index (χ3v) is 4.51. The monoisotopic (exact) mass is 351 g/mol. The fourth-order valence-electron chi connectivity index (χ4n) is 2.92. The summed E-state index contributed by atoms with van der Waals surface area (Å²) >= 11 is 0. The molecule has 1 saturated heterocycles. The first-order valence-corrected chi connectivity index (χ1v) is 8.78. The summed E-state index contributed by atoms with van der Waals surface area (Å²) in [5.74, 6) is -0.692. The van der Waals surface area contributed by atoms with Gasteiger partial charge in [0.15, 0.2) is 12.4 Å². The minimum atomic E-state index is -0.553. The van der Waals surface area contributed by atoms with Crippen LogP contribution in [0.5, 0.6) is 0 Å². The second kappa shape index (κ2) is 7.95. The first-order valence-electron chi connectivity index (χ1n) is 8.78. The van der Waals surface area contributed by atoms with Crippen LogP contribution >= 0.6 is 0 Å². The number of hydrogen-bond donors (Lipinski definition) is 0. The number of anilines is 1. The van der Waals surface area contributed by atoms with Crippen molar-refractivity contribution >= 4 is 23.3 Å². The second-order valence-electron chi connectivity index (χ2n) is 6.25. The van der Waals surface area contributed by atoms with Gasteiger partial charge in [0, 0.05) is 24.2 Å². The van der Waals surface area contributed by atoms with Crippen molar-refractivity contribution < 1.29 is 19.1 Å². The Bertz CT molecular complexity index is 809. The Labute approximate surface area is 152 Å². The van der Waals surface area contributed by atoms with E-state index in [-0.39, 0.29) is 18.3 Å². The second-order valence-corrected chi connectivity index (χ2v) is 6.25. The van der Waals surface area contributed by atoms with E-state index in [0.29, 0.717) is 24.1 Å². The van der Waals surface area contributed by atoms with Gasteiger partial charge in [-0.25, -0.2) is 4.79 Å². The molecular formula is C21H21NO4. The average molecular weight is 351 g/mol. The molecule has 1 amide bonds. The van der Waals surface area contributed by atoms with Crippen LogP contribution in [0.25, 0.3) is 0 Å². The number of Topliss-reactive ketones (excluding diaryl/α,β-unsaturated/α-hetero) is 1. The Hall–Kier alpha value is -2.95. The maximum atomic E-state index is 12.1. The van der Waals surface area contributed by atoms with Gasteiger partial charge in [0.1, 0.15) is 0 Å². The zero-order valence-corrected chi connectivity index (χ0v) is 14.7. The number of ketones is 1. The molecule has 0 aliphatic carbocycles. The molecule has 2 aromatic carbocycles. The molecule has 0 aromatic heterocycles. The molecule has 0 saturated carbocycles. The largest absolute Gasteiger partial charge is 0.454 e. The summed E-state index contributed by atoms with van der Waals surface area (Å²) in [6.07, 6.45) is 2.32. The molecular weight excluding hydrogens is 330 g/mol. The Morgan fingerprint density at radius 2 is 1.65 bits per heavy atom. The molecule has 0 spiro atoms. The van der Waals surface area contributed by atoms with Crippen molar-refractivity contribution in [2.75, 3.05) is 18.1 Å². The van der Waals surface area contributed by atoms with E-state index in [1.54, 1.807) is 41.3 Å². The Kier molecular flexibility index (Phi) is 5.46. The summed E-state index contributed by atoms with van der Waals surface area (Å²) in [6, 6.07) is 14.0. The average Bonchev–Trinajstić information content (AvgIpc) is 3.12. The van der Waals surface area contributed by atoms with Gasteiger partial charge in [-0.1, -0.05) is 31.2 Å². The molecule has 0 radical (unpaired) electrons. The molecule has 1 aliphatic heterocycles. The molecule has 1 aliphatic rings. The number of ether oxygens (including phenoxy) is 1. The van der Waals surface area contributed by atoms with E-state index < -0.39 is 5.97 Å². The third kappa shape index (κ3) is 3.99. The summed E-state index contributed by atoms with van der Waals surface area (Å²) in [5.41, 5.74) is 2.80. The first kappa shape index (κ1) is 17.9. The highest BCUT2D eigenvalue weighted by Gasteiger charge is 2.22. The van der Waals surface area contributed by atoms with Crippen LogP contribution in [0.2, 0.25) is 0 Å². The quantitative estimate of drug-likeness (QED) is 0.591. The van der Waals surface area contributed by atoms with E-state index in [1.165, 1.54) is 0 Å². The van der Waals surface area contributed by atoms with E-state index in [1.807, 2.05) is 19.1 Å². The lowest BCUT2D eigenvalue weighted by Gasteiger charge is -2.15. The van der Waals surface area contributed by atoms with Gasteiger partial charge in [-0.3, -0.25) is 9.59 Å². The topological polar surface area (TPSA) is 63.7 Å². The predicted molar refractivity (Wildman–Crippen MR) is 98.5 cm³/mol. The van der Waals surface area contributed by atoms with E-state index in [4.69, 9.17) is 4.74 Å². The number of esters is 1. The number of rotatable bonds is 6. The fraction of sp³-hybridized carbons (Fsp3) is 0.286. The van der Waals surface area contributed by atoms with Crippen LogP contribution in [-0.2, 0) is 16.0 Å². The minimum absolute atomic E-state index is 0.0972. The predicted octanol–water partition coefficient (Wildman–Crippen LogP) is 3.42. The van der Waals surface area contributed by atoms with Gasteiger partial charge < -0.3 is 9.64 Å². The zero-order valence-electron chi connectivity index (χ0n) is 14.7. The number of carbonyl (C=O) groups excluding carboxylic acids is 3. The molecule has 26 heavy (non-hydrogen) atoms. The molecule has 0 unspecified atom stereocenters. The molecule has 5 heteroatoms. The number of aryl methyl sites for hydroxylation is 1. The molecule has 5 nitrogen and oxygen atoms in total. The zero-order chi connectivity index (χ0) is 18.5. The Morgan fingerprint density at radius 1 is 1.00 bits per heavy atom. The number of benzene rings is 2. The molecule has 0 N–H and O–H groups in total. The maximum absolute atomic E-state index is 12.1. The summed E-state index contributed by atoms with van der Waals surface area (Å²) in [7, 11) is 0. The lowest BCUT2D eigenvalue weighted by molar-refractivity contribution is -0.117. The van der Waals surface area contributed by atoms with Crippen molar-refractivity contribution in [2.24, 2.45) is 0 Å². The summed E-state index contributed by atoms with van der Waals surface area (Å²) in [5, 5.41) is 0. The Morgan fingerprint density at radius 3 is 2.23 bits per heavy atom. The van der Waals surface area contributed by atoms with Gasteiger partial charge in [-0.2, -0.15) is 0 Å². The van der Waals surface area contributed by atoms with Crippen LogP contribution in [0.15, 0.2) is 48.5 Å². The SMILES string of the molecule is CCc1ccc(C(=O)COC(=O)c2ccc(N3CCCC3=O)cc2)cc1. The van der Waals surface area contributed by atoms with E-state index in [9.17, 15) is 14.4 Å². The van der Waals surface area contributed by atoms with Crippen LogP contribution in [0.3, 0.4) is 0 Å². The van der Waals surface area contributed by atoms with Gasteiger partial charge in [-0.15, -0.1) is 0 Å². The number of hydrogen-bond acceptors (Lipinski definition) is 4. The highest BCUT2D eigenvalue weighted by molar-refractivity contribution is 6.00. The molecule has 3 rings (SSSR count). The van der Waals surface area contributed by atoms with Gasteiger partial charge in [0.05, 0.1) is 5.56 Å². The lowest BCUT2D eigenvalue weighted by Crippen LogP contribution is -2.23. The fourth-order valence-corrected chi connectivity index (χ4v) is 2.92. The molecule has 1 fully saturated rings. The van der Waals surface area contributed by atoms with Crippen molar-refractivity contribution in [3.63, 3.8) is 0 Å². The van der Waals surface area contributed by atoms with Crippen molar-refractivity contribution in [1.82, 2.24) is 0 Å². The molecule has 0 bridgehead atoms.